The molecule has 4 rings (SSSR count). The van der Waals surface area contributed by atoms with Crippen molar-refractivity contribution in [1.29, 1.82) is 0 Å². The molecule has 1 amide bonds. The number of hydrogen-bond donors (Lipinski definition) is 0. The Bertz CT molecular complexity index is 846. The number of carbonyl (C=O) groups is 1. The number of rotatable bonds is 7. The highest BCUT2D eigenvalue weighted by molar-refractivity contribution is 5.94. The highest BCUT2D eigenvalue weighted by Gasteiger charge is 2.21. The van der Waals surface area contributed by atoms with Gasteiger partial charge in [-0.25, -0.2) is 0 Å². The fourth-order valence-electron chi connectivity index (χ4n) is 4.71. The van der Waals surface area contributed by atoms with Crippen molar-refractivity contribution in [2.75, 3.05) is 39.3 Å². The van der Waals surface area contributed by atoms with Gasteiger partial charge in [0.25, 0.3) is 5.91 Å². The van der Waals surface area contributed by atoms with Gasteiger partial charge in [0.05, 0.1) is 6.61 Å². The van der Waals surface area contributed by atoms with Crippen molar-refractivity contribution in [3.8, 4) is 16.9 Å². The van der Waals surface area contributed by atoms with Gasteiger partial charge in [0.1, 0.15) is 5.75 Å². The van der Waals surface area contributed by atoms with Crippen LogP contribution in [0.3, 0.4) is 0 Å². The first-order valence-electron chi connectivity index (χ1n) is 12.4. The first-order valence-corrected chi connectivity index (χ1v) is 12.4. The van der Waals surface area contributed by atoms with E-state index < -0.39 is 0 Å². The fraction of sp³-hybridized carbons (Fsp3) is 0.536. The van der Waals surface area contributed by atoms with Crippen molar-refractivity contribution >= 4 is 5.91 Å². The zero-order valence-corrected chi connectivity index (χ0v) is 19.8. The lowest BCUT2D eigenvalue weighted by atomic mass is 9.98. The maximum atomic E-state index is 12.7. The van der Waals surface area contributed by atoms with E-state index in [-0.39, 0.29) is 5.91 Å². The second-order valence-electron chi connectivity index (χ2n) is 9.80. The second kappa shape index (κ2) is 11.0. The maximum absolute atomic E-state index is 12.7. The van der Waals surface area contributed by atoms with Gasteiger partial charge in [-0.3, -0.25) is 4.79 Å². The average molecular weight is 435 g/mol. The number of benzene rings is 2. The van der Waals surface area contributed by atoms with Crippen molar-refractivity contribution in [2.24, 2.45) is 11.8 Å². The summed E-state index contributed by atoms with van der Waals surface area (Å²) in [6, 6.07) is 16.3. The van der Waals surface area contributed by atoms with E-state index in [1.165, 1.54) is 25.9 Å². The van der Waals surface area contributed by atoms with Gasteiger partial charge >= 0.3 is 0 Å². The van der Waals surface area contributed by atoms with E-state index in [2.05, 4.69) is 43.0 Å². The Kier molecular flexibility index (Phi) is 7.85. The van der Waals surface area contributed by atoms with Crippen LogP contribution >= 0.6 is 0 Å². The van der Waals surface area contributed by atoms with Gasteiger partial charge in [-0.05, 0) is 92.4 Å². The normalized spacial score (nSPS) is 18.6. The van der Waals surface area contributed by atoms with E-state index in [0.29, 0.717) is 0 Å². The van der Waals surface area contributed by atoms with E-state index in [1.807, 2.05) is 29.2 Å². The van der Waals surface area contributed by atoms with Crippen LogP contribution in [0, 0.1) is 11.8 Å². The molecule has 2 fully saturated rings. The lowest BCUT2D eigenvalue weighted by Crippen LogP contribution is -2.37. The summed E-state index contributed by atoms with van der Waals surface area (Å²) in [5.74, 6) is 2.70. The van der Waals surface area contributed by atoms with Crippen molar-refractivity contribution in [3.63, 3.8) is 0 Å². The van der Waals surface area contributed by atoms with Gasteiger partial charge in [0.15, 0.2) is 0 Å². The Morgan fingerprint density at radius 2 is 1.34 bits per heavy atom. The molecular formula is C28H38N2O2. The molecule has 0 atom stereocenters. The van der Waals surface area contributed by atoms with Gasteiger partial charge in [0, 0.05) is 25.2 Å². The summed E-state index contributed by atoms with van der Waals surface area (Å²) in [6.07, 6.45) is 5.94. The van der Waals surface area contributed by atoms with E-state index in [0.717, 1.165) is 79.8 Å². The number of amides is 1. The SMILES string of the molecule is CC1CCN(CCCOc2ccc(-c3ccc(C(=O)N4CCC(C)CC4)cc3)cc2)CC1. The first kappa shape index (κ1) is 22.8. The molecule has 0 aliphatic carbocycles. The van der Waals surface area contributed by atoms with Crippen molar-refractivity contribution in [1.82, 2.24) is 9.80 Å². The molecule has 0 radical (unpaired) electrons. The van der Waals surface area contributed by atoms with Crippen molar-refractivity contribution in [3.05, 3.63) is 54.1 Å². The molecule has 4 nitrogen and oxygen atoms in total. The first-order chi connectivity index (χ1) is 15.6. The third-order valence-electron chi connectivity index (χ3n) is 7.15. The lowest BCUT2D eigenvalue weighted by Gasteiger charge is -2.30. The third kappa shape index (κ3) is 6.13. The van der Waals surface area contributed by atoms with Gasteiger partial charge in [-0.15, -0.1) is 0 Å². The van der Waals surface area contributed by atoms with Gasteiger partial charge < -0.3 is 14.5 Å². The predicted molar refractivity (Wildman–Crippen MR) is 131 cm³/mol. The number of ether oxygens (including phenoxy) is 1. The molecule has 2 aliphatic rings. The molecule has 0 aromatic heterocycles. The minimum absolute atomic E-state index is 0.159. The van der Waals surface area contributed by atoms with Crippen LogP contribution in [-0.2, 0) is 0 Å². The molecule has 2 aromatic rings. The predicted octanol–water partition coefficient (Wildman–Crippen LogP) is 5.73. The lowest BCUT2D eigenvalue weighted by molar-refractivity contribution is 0.0697. The van der Waals surface area contributed by atoms with Crippen LogP contribution in [0.4, 0.5) is 0 Å². The quantitative estimate of drug-likeness (QED) is 0.522. The van der Waals surface area contributed by atoms with Crippen LogP contribution in [0.15, 0.2) is 48.5 Å². The molecule has 0 saturated carbocycles. The van der Waals surface area contributed by atoms with Crippen LogP contribution < -0.4 is 4.74 Å². The van der Waals surface area contributed by atoms with Gasteiger partial charge in [-0.1, -0.05) is 38.1 Å². The van der Waals surface area contributed by atoms with E-state index in [9.17, 15) is 4.79 Å². The molecule has 0 N–H and O–H groups in total. The minimum atomic E-state index is 0.159. The minimum Gasteiger partial charge on any atom is -0.494 e. The highest BCUT2D eigenvalue weighted by Crippen LogP contribution is 2.24. The van der Waals surface area contributed by atoms with Crippen LogP contribution in [0.25, 0.3) is 11.1 Å². The molecule has 2 heterocycles. The zero-order chi connectivity index (χ0) is 22.3. The summed E-state index contributed by atoms with van der Waals surface area (Å²) in [5.41, 5.74) is 3.05. The van der Waals surface area contributed by atoms with E-state index >= 15 is 0 Å². The summed E-state index contributed by atoms with van der Waals surface area (Å²) < 4.78 is 5.96. The Hall–Kier alpha value is -2.33. The molecule has 32 heavy (non-hydrogen) atoms. The van der Waals surface area contributed by atoms with Crippen molar-refractivity contribution < 1.29 is 9.53 Å². The number of carbonyl (C=O) groups excluding carboxylic acids is 1. The molecule has 2 aliphatic heterocycles. The summed E-state index contributed by atoms with van der Waals surface area (Å²) in [5, 5.41) is 0. The van der Waals surface area contributed by atoms with Crippen LogP contribution in [0.1, 0.15) is 56.3 Å². The summed E-state index contributed by atoms with van der Waals surface area (Å²) in [6.45, 7) is 10.7. The molecular weight excluding hydrogens is 396 g/mol. The zero-order valence-electron chi connectivity index (χ0n) is 19.8. The summed E-state index contributed by atoms with van der Waals surface area (Å²) >= 11 is 0. The maximum Gasteiger partial charge on any atom is 0.253 e. The summed E-state index contributed by atoms with van der Waals surface area (Å²) in [4.78, 5) is 17.3. The monoisotopic (exact) mass is 434 g/mol. The van der Waals surface area contributed by atoms with Crippen LogP contribution in [0.5, 0.6) is 5.75 Å². The smallest absolute Gasteiger partial charge is 0.253 e. The number of likely N-dealkylation sites (tertiary alicyclic amines) is 2. The largest absolute Gasteiger partial charge is 0.494 e. The van der Waals surface area contributed by atoms with E-state index in [4.69, 9.17) is 4.74 Å². The Labute approximate surface area is 193 Å². The molecule has 0 unspecified atom stereocenters. The fourth-order valence-corrected chi connectivity index (χ4v) is 4.71. The van der Waals surface area contributed by atoms with E-state index in [1.54, 1.807) is 0 Å². The van der Waals surface area contributed by atoms with Crippen LogP contribution in [-0.4, -0.2) is 55.0 Å². The molecule has 2 saturated heterocycles. The van der Waals surface area contributed by atoms with Crippen molar-refractivity contribution in [2.45, 2.75) is 46.0 Å². The Morgan fingerprint density at radius 3 is 1.94 bits per heavy atom. The topological polar surface area (TPSA) is 32.8 Å². The molecule has 172 valence electrons. The van der Waals surface area contributed by atoms with Gasteiger partial charge in [-0.2, -0.15) is 0 Å². The van der Waals surface area contributed by atoms with Gasteiger partial charge in [0.2, 0.25) is 0 Å². The number of nitrogens with zero attached hydrogens (tertiary/aromatic N) is 2. The number of hydrogen-bond acceptors (Lipinski definition) is 3. The molecule has 0 bridgehead atoms. The average Bonchev–Trinajstić information content (AvgIpc) is 2.83. The molecule has 4 heteroatoms. The molecule has 0 spiro atoms. The van der Waals surface area contributed by atoms with Crippen LogP contribution in [0.2, 0.25) is 0 Å². The second-order valence-corrected chi connectivity index (χ2v) is 9.80. The number of piperidine rings is 2. The highest BCUT2D eigenvalue weighted by atomic mass is 16.5. The molecule has 2 aromatic carbocycles. The Balaban J connectivity index is 1.24. The third-order valence-corrected chi connectivity index (χ3v) is 7.15. The standard InChI is InChI=1S/C28H38N2O2/c1-22-12-17-29(18-13-22)16-3-21-32-27-10-8-25(9-11-27)24-4-6-26(7-5-24)28(31)30-19-14-23(2)15-20-30/h4-11,22-23H,3,12-21H2,1-2H3. The summed E-state index contributed by atoms with van der Waals surface area (Å²) in [7, 11) is 0. The Morgan fingerprint density at radius 1 is 0.812 bits per heavy atom.